The molecule has 3 heterocycles. The first-order valence-electron chi connectivity index (χ1n) is 11.7. The maximum Gasteiger partial charge on any atom is 0.255 e. The lowest BCUT2D eigenvalue weighted by Crippen LogP contribution is -2.35. The van der Waals surface area contributed by atoms with Crippen LogP contribution in [0.2, 0.25) is 0 Å². The number of carbonyl (C=O) groups is 1. The lowest BCUT2D eigenvalue weighted by molar-refractivity contribution is 0.102. The normalized spacial score (nSPS) is 14.1. The van der Waals surface area contributed by atoms with Crippen LogP contribution in [0.3, 0.4) is 0 Å². The molecule has 0 spiro atoms. The van der Waals surface area contributed by atoms with Crippen molar-refractivity contribution < 1.29 is 4.79 Å². The fourth-order valence-corrected chi connectivity index (χ4v) is 4.57. The van der Waals surface area contributed by atoms with Crippen LogP contribution in [-0.2, 0) is 0 Å². The van der Waals surface area contributed by atoms with E-state index in [-0.39, 0.29) is 5.91 Å². The van der Waals surface area contributed by atoms with Crippen molar-refractivity contribution in [2.45, 2.75) is 19.8 Å². The zero-order chi connectivity index (χ0) is 24.4. The maximum absolute atomic E-state index is 12.7. The number of carbonyl (C=O) groups excluding carboxylic acids is 1. The number of allylic oxidation sites excluding steroid dienone is 1. The van der Waals surface area contributed by atoms with Crippen LogP contribution in [0.4, 0.5) is 22.9 Å². The molecule has 0 atom stereocenters. The van der Waals surface area contributed by atoms with Crippen LogP contribution >= 0.6 is 0 Å². The van der Waals surface area contributed by atoms with Crippen molar-refractivity contribution in [1.29, 1.82) is 0 Å². The molecule has 2 aromatic heterocycles. The van der Waals surface area contributed by atoms with Crippen molar-refractivity contribution >= 4 is 39.8 Å². The molecule has 1 saturated heterocycles. The van der Waals surface area contributed by atoms with Crippen molar-refractivity contribution in [3.05, 3.63) is 84.5 Å². The van der Waals surface area contributed by atoms with Gasteiger partial charge >= 0.3 is 0 Å². The van der Waals surface area contributed by atoms with Crippen LogP contribution in [0.1, 0.15) is 28.8 Å². The lowest BCUT2D eigenvalue weighted by Gasteiger charge is -2.34. The Kier molecular flexibility index (Phi) is 6.10. The number of nitrogens with two attached hydrogens (primary N) is 1. The maximum atomic E-state index is 12.7. The van der Waals surface area contributed by atoms with E-state index in [1.807, 2.05) is 24.4 Å². The molecule has 4 aromatic rings. The second kappa shape index (κ2) is 9.50. The molecule has 0 unspecified atom stereocenters. The van der Waals surface area contributed by atoms with Gasteiger partial charge in [-0.15, -0.1) is 0 Å². The molecule has 0 radical (unpaired) electrons. The second-order valence-electron chi connectivity index (χ2n) is 8.96. The summed E-state index contributed by atoms with van der Waals surface area (Å²) in [5.74, 6) is 1.15. The van der Waals surface area contributed by atoms with E-state index in [1.165, 1.54) is 0 Å². The number of aryl methyl sites for hydroxylation is 1. The smallest absolute Gasteiger partial charge is 0.255 e. The van der Waals surface area contributed by atoms with Crippen LogP contribution in [0.15, 0.2) is 73.3 Å². The van der Waals surface area contributed by atoms with E-state index in [0.29, 0.717) is 22.9 Å². The Morgan fingerprint density at radius 2 is 1.86 bits per heavy atom. The van der Waals surface area contributed by atoms with Crippen molar-refractivity contribution in [1.82, 2.24) is 15.0 Å². The molecule has 1 fully saturated rings. The topological polar surface area (TPSA) is 112 Å². The number of benzene rings is 2. The minimum absolute atomic E-state index is 0.173. The number of piperidine rings is 1. The third-order valence-corrected chi connectivity index (χ3v) is 6.53. The molecule has 0 saturated carbocycles. The number of anilines is 4. The van der Waals surface area contributed by atoms with Gasteiger partial charge in [0.05, 0.1) is 5.39 Å². The summed E-state index contributed by atoms with van der Waals surface area (Å²) in [6.45, 7) is 8.17. The molecule has 1 aliphatic rings. The predicted molar refractivity (Wildman–Crippen MR) is 142 cm³/mol. The molecule has 5 N–H and O–H groups in total. The molecule has 35 heavy (non-hydrogen) atoms. The first kappa shape index (κ1) is 22.5. The molecule has 5 rings (SSSR count). The number of aromatic amines is 1. The van der Waals surface area contributed by atoms with Crippen LogP contribution in [0, 0.1) is 12.8 Å². The quantitative estimate of drug-likeness (QED) is 0.299. The van der Waals surface area contributed by atoms with Gasteiger partial charge in [0.1, 0.15) is 17.8 Å². The van der Waals surface area contributed by atoms with Gasteiger partial charge in [-0.2, -0.15) is 0 Å². The van der Waals surface area contributed by atoms with Gasteiger partial charge in [-0.1, -0.05) is 12.6 Å². The predicted octanol–water partition coefficient (Wildman–Crippen LogP) is 4.94. The highest BCUT2D eigenvalue weighted by Crippen LogP contribution is 2.31. The summed E-state index contributed by atoms with van der Waals surface area (Å²) in [4.78, 5) is 27.2. The van der Waals surface area contributed by atoms with Crippen molar-refractivity contribution in [2.24, 2.45) is 5.92 Å². The number of hydrogen-bond acceptors (Lipinski definition) is 6. The first-order chi connectivity index (χ1) is 17.0. The van der Waals surface area contributed by atoms with E-state index in [2.05, 4.69) is 44.0 Å². The Hall–Kier alpha value is -4.33. The van der Waals surface area contributed by atoms with Gasteiger partial charge in [-0.3, -0.25) is 4.79 Å². The fourth-order valence-electron chi connectivity index (χ4n) is 4.57. The average Bonchev–Trinajstić information content (AvgIpc) is 3.26. The Bertz CT molecular complexity index is 1370. The summed E-state index contributed by atoms with van der Waals surface area (Å²) in [6.07, 6.45) is 5.54. The van der Waals surface area contributed by atoms with Gasteiger partial charge in [-0.25, -0.2) is 9.97 Å². The molecular weight excluding hydrogens is 438 g/mol. The Morgan fingerprint density at radius 3 is 2.63 bits per heavy atom. The SMILES string of the molecule is C=C(Nc1cccc(C(=O)Nc2ccc(N)cc2)c1)C1CCN(c2ncnc3[nH]cc(C)c23)CC1. The van der Waals surface area contributed by atoms with E-state index in [4.69, 9.17) is 5.73 Å². The summed E-state index contributed by atoms with van der Waals surface area (Å²) < 4.78 is 0. The minimum Gasteiger partial charge on any atom is -0.399 e. The lowest BCUT2D eigenvalue weighted by atomic mass is 9.93. The zero-order valence-corrected chi connectivity index (χ0v) is 19.7. The van der Waals surface area contributed by atoms with E-state index in [0.717, 1.165) is 59.7 Å². The number of fused-ring (bicyclic) bond motifs is 1. The number of hydrogen-bond donors (Lipinski definition) is 4. The average molecular weight is 468 g/mol. The summed E-state index contributed by atoms with van der Waals surface area (Å²) in [5.41, 5.74) is 11.5. The number of H-pyrrole nitrogens is 1. The van der Waals surface area contributed by atoms with Gasteiger partial charge in [0.25, 0.3) is 5.91 Å². The molecule has 1 amide bonds. The number of nitrogen functional groups attached to an aromatic ring is 1. The van der Waals surface area contributed by atoms with Gasteiger partial charge < -0.3 is 26.3 Å². The molecule has 2 aromatic carbocycles. The van der Waals surface area contributed by atoms with Crippen LogP contribution in [0.25, 0.3) is 11.0 Å². The molecular formula is C27H29N7O. The number of amides is 1. The molecule has 178 valence electrons. The molecule has 0 bridgehead atoms. The Morgan fingerprint density at radius 1 is 1.09 bits per heavy atom. The number of nitrogens with zero attached hydrogens (tertiary/aromatic N) is 3. The Labute approximate surface area is 204 Å². The Balaban J connectivity index is 1.20. The summed E-state index contributed by atoms with van der Waals surface area (Å²) in [5, 5.41) is 7.42. The molecule has 1 aliphatic heterocycles. The third kappa shape index (κ3) is 4.82. The number of rotatable bonds is 6. The van der Waals surface area contributed by atoms with Crippen molar-refractivity contribution in [3.63, 3.8) is 0 Å². The zero-order valence-electron chi connectivity index (χ0n) is 19.7. The van der Waals surface area contributed by atoms with Crippen LogP contribution in [-0.4, -0.2) is 33.9 Å². The monoisotopic (exact) mass is 467 g/mol. The fraction of sp³-hybridized carbons (Fsp3) is 0.222. The number of aromatic nitrogens is 3. The van der Waals surface area contributed by atoms with E-state index in [9.17, 15) is 4.79 Å². The van der Waals surface area contributed by atoms with E-state index < -0.39 is 0 Å². The molecule has 0 aliphatic carbocycles. The molecule has 8 nitrogen and oxygen atoms in total. The summed E-state index contributed by atoms with van der Waals surface area (Å²) >= 11 is 0. The van der Waals surface area contributed by atoms with Crippen molar-refractivity contribution in [3.8, 4) is 0 Å². The standard InChI is InChI=1S/C27H29N7O/c1-17-15-29-25-24(17)26(31-16-30-25)34-12-10-19(11-13-34)18(2)32-23-5-3-4-20(14-23)27(35)33-22-8-6-21(28)7-9-22/h3-9,14-16,19,32H,2,10-13,28H2,1H3,(H,33,35)(H,29,30,31). The second-order valence-corrected chi connectivity index (χ2v) is 8.96. The largest absolute Gasteiger partial charge is 0.399 e. The van der Waals surface area contributed by atoms with Gasteiger partial charge in [-0.05, 0) is 67.8 Å². The van der Waals surface area contributed by atoms with E-state index in [1.54, 1.807) is 36.7 Å². The minimum atomic E-state index is -0.173. The molecule has 8 heteroatoms. The van der Waals surface area contributed by atoms with Gasteiger partial charge in [0, 0.05) is 53.5 Å². The summed E-state index contributed by atoms with van der Waals surface area (Å²) in [6, 6.07) is 14.6. The number of nitrogens with one attached hydrogen (secondary N) is 3. The summed E-state index contributed by atoms with van der Waals surface area (Å²) in [7, 11) is 0. The third-order valence-electron chi connectivity index (χ3n) is 6.53. The first-order valence-corrected chi connectivity index (χ1v) is 11.7. The van der Waals surface area contributed by atoms with Crippen LogP contribution < -0.4 is 21.3 Å². The van der Waals surface area contributed by atoms with Crippen LogP contribution in [0.5, 0.6) is 0 Å². The highest BCUT2D eigenvalue weighted by molar-refractivity contribution is 6.04. The van der Waals surface area contributed by atoms with E-state index >= 15 is 0 Å². The highest BCUT2D eigenvalue weighted by atomic mass is 16.1. The highest BCUT2D eigenvalue weighted by Gasteiger charge is 2.24. The van der Waals surface area contributed by atoms with Crippen molar-refractivity contribution in [2.75, 3.05) is 34.4 Å². The van der Waals surface area contributed by atoms with Gasteiger partial charge in [0.15, 0.2) is 0 Å². The van der Waals surface area contributed by atoms with Gasteiger partial charge in [0.2, 0.25) is 0 Å².